The van der Waals surface area contributed by atoms with Gasteiger partial charge in [-0.05, 0) is 25.1 Å². The lowest BCUT2D eigenvalue weighted by Crippen LogP contribution is -2.28. The van der Waals surface area contributed by atoms with E-state index in [1.807, 2.05) is 32.0 Å². The van der Waals surface area contributed by atoms with Crippen molar-refractivity contribution in [2.24, 2.45) is 0 Å². The highest BCUT2D eigenvalue weighted by atomic mass is 16.3. The SMILES string of the molecule is Cc1occc1CN(C)C(=O)c1cccnc1N(C)C. The number of nitrogens with zero attached hydrogens (tertiary/aromatic N) is 3. The van der Waals surface area contributed by atoms with Gasteiger partial charge in [-0.2, -0.15) is 0 Å². The Kier molecular flexibility index (Phi) is 4.08. The summed E-state index contributed by atoms with van der Waals surface area (Å²) in [7, 11) is 5.53. The molecule has 2 rings (SSSR count). The molecule has 0 aliphatic heterocycles. The molecule has 0 saturated heterocycles. The van der Waals surface area contributed by atoms with Gasteiger partial charge < -0.3 is 14.2 Å². The van der Waals surface area contributed by atoms with Crippen LogP contribution in [0.25, 0.3) is 0 Å². The highest BCUT2D eigenvalue weighted by molar-refractivity contribution is 5.98. The van der Waals surface area contributed by atoms with Gasteiger partial charge in [0.1, 0.15) is 11.6 Å². The Labute approximate surface area is 118 Å². The van der Waals surface area contributed by atoms with Gasteiger partial charge in [0.15, 0.2) is 0 Å². The summed E-state index contributed by atoms with van der Waals surface area (Å²) < 4.78 is 5.25. The molecule has 0 fully saturated rings. The molecule has 20 heavy (non-hydrogen) atoms. The number of amides is 1. The molecule has 0 bridgehead atoms. The second-order valence-corrected chi connectivity index (χ2v) is 4.93. The zero-order chi connectivity index (χ0) is 14.7. The summed E-state index contributed by atoms with van der Waals surface area (Å²) in [6, 6.07) is 5.45. The third-order valence-corrected chi connectivity index (χ3v) is 3.16. The van der Waals surface area contributed by atoms with Crippen molar-refractivity contribution < 1.29 is 9.21 Å². The van der Waals surface area contributed by atoms with Crippen LogP contribution in [-0.2, 0) is 6.54 Å². The zero-order valence-corrected chi connectivity index (χ0v) is 12.3. The minimum atomic E-state index is -0.0533. The minimum Gasteiger partial charge on any atom is -0.469 e. The van der Waals surface area contributed by atoms with E-state index in [0.717, 1.165) is 11.3 Å². The van der Waals surface area contributed by atoms with Gasteiger partial charge in [0, 0.05) is 39.4 Å². The van der Waals surface area contributed by atoms with Crippen LogP contribution in [0, 0.1) is 6.92 Å². The van der Waals surface area contributed by atoms with Crippen molar-refractivity contribution in [1.82, 2.24) is 9.88 Å². The number of hydrogen-bond acceptors (Lipinski definition) is 4. The number of aryl methyl sites for hydroxylation is 1. The Morgan fingerprint density at radius 1 is 1.30 bits per heavy atom. The first-order valence-corrected chi connectivity index (χ1v) is 6.41. The maximum absolute atomic E-state index is 12.5. The second kappa shape index (κ2) is 5.77. The predicted octanol–water partition coefficient (Wildman–Crippen LogP) is 2.32. The van der Waals surface area contributed by atoms with E-state index in [1.165, 1.54) is 0 Å². The molecule has 106 valence electrons. The molecule has 5 heteroatoms. The molecule has 2 aromatic rings. The molecule has 0 saturated carbocycles. The van der Waals surface area contributed by atoms with E-state index in [0.29, 0.717) is 17.9 Å². The number of rotatable bonds is 4. The average molecular weight is 273 g/mol. The fourth-order valence-corrected chi connectivity index (χ4v) is 2.03. The van der Waals surface area contributed by atoms with Crippen LogP contribution in [-0.4, -0.2) is 36.9 Å². The van der Waals surface area contributed by atoms with Crippen LogP contribution in [0.5, 0.6) is 0 Å². The largest absolute Gasteiger partial charge is 0.469 e. The Balaban J connectivity index is 2.21. The summed E-state index contributed by atoms with van der Waals surface area (Å²) in [6.07, 6.45) is 3.32. The van der Waals surface area contributed by atoms with E-state index in [1.54, 1.807) is 36.5 Å². The van der Waals surface area contributed by atoms with E-state index < -0.39 is 0 Å². The van der Waals surface area contributed by atoms with E-state index in [-0.39, 0.29) is 5.91 Å². The summed E-state index contributed by atoms with van der Waals surface area (Å²) in [5, 5.41) is 0. The molecule has 0 spiro atoms. The number of hydrogen-bond donors (Lipinski definition) is 0. The summed E-state index contributed by atoms with van der Waals surface area (Å²) in [4.78, 5) is 20.3. The quantitative estimate of drug-likeness (QED) is 0.858. The maximum Gasteiger partial charge on any atom is 0.257 e. The van der Waals surface area contributed by atoms with Gasteiger partial charge in [-0.3, -0.25) is 4.79 Å². The second-order valence-electron chi connectivity index (χ2n) is 4.93. The van der Waals surface area contributed by atoms with Crippen molar-refractivity contribution in [1.29, 1.82) is 0 Å². The fraction of sp³-hybridized carbons (Fsp3) is 0.333. The van der Waals surface area contributed by atoms with E-state index >= 15 is 0 Å². The Morgan fingerprint density at radius 3 is 2.65 bits per heavy atom. The molecule has 2 aromatic heterocycles. The molecule has 0 aliphatic rings. The monoisotopic (exact) mass is 273 g/mol. The van der Waals surface area contributed by atoms with Crippen LogP contribution in [0.1, 0.15) is 21.7 Å². The molecule has 1 amide bonds. The lowest BCUT2D eigenvalue weighted by Gasteiger charge is -2.20. The van der Waals surface area contributed by atoms with Crippen LogP contribution in [0.4, 0.5) is 5.82 Å². The number of carbonyl (C=O) groups is 1. The van der Waals surface area contributed by atoms with Gasteiger partial charge in [-0.25, -0.2) is 4.98 Å². The summed E-state index contributed by atoms with van der Waals surface area (Å²) in [5.74, 6) is 1.46. The lowest BCUT2D eigenvalue weighted by molar-refractivity contribution is 0.0785. The van der Waals surface area contributed by atoms with E-state index in [2.05, 4.69) is 4.98 Å². The van der Waals surface area contributed by atoms with E-state index in [4.69, 9.17) is 4.42 Å². The molecular formula is C15H19N3O2. The molecule has 0 aromatic carbocycles. The number of pyridine rings is 1. The highest BCUT2D eigenvalue weighted by Gasteiger charge is 2.18. The molecule has 0 atom stereocenters. The van der Waals surface area contributed by atoms with Crippen LogP contribution in [0.2, 0.25) is 0 Å². The van der Waals surface area contributed by atoms with Crippen molar-refractivity contribution in [2.75, 3.05) is 26.0 Å². The topological polar surface area (TPSA) is 49.6 Å². The van der Waals surface area contributed by atoms with Crippen molar-refractivity contribution in [2.45, 2.75) is 13.5 Å². The first-order valence-electron chi connectivity index (χ1n) is 6.41. The smallest absolute Gasteiger partial charge is 0.257 e. The molecule has 5 nitrogen and oxygen atoms in total. The van der Waals surface area contributed by atoms with E-state index in [9.17, 15) is 4.79 Å². The number of carbonyl (C=O) groups excluding carboxylic acids is 1. The lowest BCUT2D eigenvalue weighted by atomic mass is 10.2. The standard InChI is InChI=1S/C15H19N3O2/c1-11-12(7-9-20-11)10-18(4)15(19)13-6-5-8-16-14(13)17(2)3/h5-9H,10H2,1-4H3. The normalized spacial score (nSPS) is 10.4. The third kappa shape index (κ3) is 2.82. The van der Waals surface area contributed by atoms with Gasteiger partial charge in [-0.1, -0.05) is 0 Å². The van der Waals surface area contributed by atoms with Crippen LogP contribution >= 0.6 is 0 Å². The summed E-state index contributed by atoms with van der Waals surface area (Å²) in [5.41, 5.74) is 1.61. The maximum atomic E-state index is 12.5. The van der Waals surface area contributed by atoms with Gasteiger partial charge in [0.25, 0.3) is 5.91 Å². The van der Waals surface area contributed by atoms with Crippen molar-refractivity contribution in [3.8, 4) is 0 Å². The van der Waals surface area contributed by atoms with Crippen LogP contribution < -0.4 is 4.90 Å². The van der Waals surface area contributed by atoms with Gasteiger partial charge in [0.2, 0.25) is 0 Å². The summed E-state index contributed by atoms with van der Waals surface area (Å²) in [6.45, 7) is 2.41. The van der Waals surface area contributed by atoms with Gasteiger partial charge >= 0.3 is 0 Å². The van der Waals surface area contributed by atoms with Gasteiger partial charge in [-0.15, -0.1) is 0 Å². The first kappa shape index (κ1) is 14.1. The number of anilines is 1. The molecule has 0 unspecified atom stereocenters. The molecule has 2 heterocycles. The molecule has 0 N–H and O–H groups in total. The van der Waals surface area contributed by atoms with Crippen LogP contribution in [0.3, 0.4) is 0 Å². The van der Waals surface area contributed by atoms with Gasteiger partial charge in [0.05, 0.1) is 11.8 Å². The minimum absolute atomic E-state index is 0.0533. The first-order chi connectivity index (χ1) is 9.50. The van der Waals surface area contributed by atoms with Crippen molar-refractivity contribution in [3.63, 3.8) is 0 Å². The molecule has 0 aliphatic carbocycles. The average Bonchev–Trinajstić information content (AvgIpc) is 2.83. The number of furan rings is 1. The zero-order valence-electron chi connectivity index (χ0n) is 12.3. The predicted molar refractivity (Wildman–Crippen MR) is 77.8 cm³/mol. The summed E-state index contributed by atoms with van der Waals surface area (Å²) >= 11 is 0. The molecule has 0 radical (unpaired) electrons. The van der Waals surface area contributed by atoms with Crippen LogP contribution in [0.15, 0.2) is 35.1 Å². The Bertz CT molecular complexity index is 605. The van der Waals surface area contributed by atoms with Crippen molar-refractivity contribution >= 4 is 11.7 Å². The highest BCUT2D eigenvalue weighted by Crippen LogP contribution is 2.18. The molecular weight excluding hydrogens is 254 g/mol. The Morgan fingerprint density at radius 2 is 2.05 bits per heavy atom. The number of aromatic nitrogens is 1. The van der Waals surface area contributed by atoms with Crippen molar-refractivity contribution in [3.05, 3.63) is 47.5 Å². The Hall–Kier alpha value is -2.30. The third-order valence-electron chi connectivity index (χ3n) is 3.16. The fourth-order valence-electron chi connectivity index (χ4n) is 2.03.